The van der Waals surface area contributed by atoms with Gasteiger partial charge in [-0.05, 0) is 85.0 Å². The number of ether oxygens (including phenoxy) is 1. The van der Waals surface area contributed by atoms with Crippen molar-refractivity contribution < 1.29 is 27.2 Å². The SMILES string of the molecule is Cc1cc(SC(Cc2ccc(-c3ccc(F)cc3)cc2)c2sc(-c3ccc(C(F)(F)F)cc3)nc2C)ccc1OC[N+](=O)[O-]. The third-order valence-corrected chi connectivity index (χ3v) is 9.57. The highest BCUT2D eigenvalue weighted by Crippen LogP contribution is 2.44. The first-order chi connectivity index (χ1) is 21.0. The molecule has 0 aliphatic heterocycles. The fourth-order valence-corrected chi connectivity index (χ4v) is 7.27. The van der Waals surface area contributed by atoms with Crippen molar-refractivity contribution in [2.24, 2.45) is 0 Å². The minimum Gasteiger partial charge on any atom is -0.432 e. The molecule has 0 radical (unpaired) electrons. The van der Waals surface area contributed by atoms with Gasteiger partial charge in [0, 0.05) is 20.6 Å². The maximum atomic E-state index is 13.4. The number of hydrogen-bond donors (Lipinski definition) is 0. The summed E-state index contributed by atoms with van der Waals surface area (Å²) in [5.74, 6) is 0.131. The molecule has 11 heteroatoms. The molecule has 44 heavy (non-hydrogen) atoms. The molecule has 1 heterocycles. The van der Waals surface area contributed by atoms with Gasteiger partial charge in [0.2, 0.25) is 0 Å². The number of nitrogens with zero attached hydrogens (tertiary/aromatic N) is 2. The molecule has 5 aromatic rings. The Morgan fingerprint density at radius 2 is 1.52 bits per heavy atom. The Bertz CT molecular complexity index is 1750. The largest absolute Gasteiger partial charge is 0.432 e. The van der Waals surface area contributed by atoms with Crippen LogP contribution in [-0.4, -0.2) is 16.6 Å². The van der Waals surface area contributed by atoms with Gasteiger partial charge in [0.1, 0.15) is 16.6 Å². The summed E-state index contributed by atoms with van der Waals surface area (Å²) < 4.78 is 58.0. The lowest BCUT2D eigenvalue weighted by Crippen LogP contribution is -2.08. The van der Waals surface area contributed by atoms with Crippen molar-refractivity contribution in [1.29, 1.82) is 0 Å². The Kier molecular flexibility index (Phi) is 9.36. The van der Waals surface area contributed by atoms with E-state index in [4.69, 9.17) is 9.72 Å². The molecule has 0 saturated carbocycles. The van der Waals surface area contributed by atoms with Crippen LogP contribution in [0.1, 0.15) is 32.5 Å². The van der Waals surface area contributed by atoms with E-state index in [1.165, 1.54) is 35.6 Å². The standard InChI is InChI=1S/C33H26F4N2O3S2/c1-20-17-28(15-16-29(20)42-19-39(40)41)43-30(18-22-3-5-23(6-4-22)24-9-13-27(34)14-10-24)31-21(2)38-32(44-31)25-7-11-26(12-8-25)33(35,36)37/h3-17,30H,18-19H2,1-2H3. The van der Waals surface area contributed by atoms with Crippen LogP contribution in [0.2, 0.25) is 0 Å². The van der Waals surface area contributed by atoms with Gasteiger partial charge in [-0.2, -0.15) is 13.2 Å². The van der Waals surface area contributed by atoms with Gasteiger partial charge in [-0.3, -0.25) is 10.1 Å². The van der Waals surface area contributed by atoms with Crippen LogP contribution in [0, 0.1) is 29.8 Å². The fraction of sp³-hybridized carbons (Fsp3) is 0.182. The topological polar surface area (TPSA) is 65.3 Å². The second kappa shape index (κ2) is 13.2. The number of thioether (sulfide) groups is 1. The minimum atomic E-state index is -4.42. The number of nitro groups is 1. The summed E-state index contributed by atoms with van der Waals surface area (Å²) in [6.07, 6.45) is -3.79. The molecule has 0 fully saturated rings. The summed E-state index contributed by atoms with van der Waals surface area (Å²) in [5.41, 5.74) is 4.34. The first-order valence-corrected chi connectivity index (χ1v) is 15.2. The number of rotatable bonds is 10. The third kappa shape index (κ3) is 7.64. The highest BCUT2D eigenvalue weighted by atomic mass is 32.2. The Morgan fingerprint density at radius 3 is 2.11 bits per heavy atom. The maximum Gasteiger partial charge on any atom is 0.416 e. The van der Waals surface area contributed by atoms with Crippen LogP contribution >= 0.6 is 23.1 Å². The van der Waals surface area contributed by atoms with E-state index in [-0.39, 0.29) is 11.1 Å². The van der Waals surface area contributed by atoms with Gasteiger partial charge in [0.25, 0.3) is 0 Å². The molecule has 5 rings (SSSR count). The average Bonchev–Trinajstić information content (AvgIpc) is 3.38. The van der Waals surface area contributed by atoms with Crippen LogP contribution < -0.4 is 4.74 Å². The molecule has 1 unspecified atom stereocenters. The quantitative estimate of drug-likeness (QED) is 0.0501. The van der Waals surface area contributed by atoms with E-state index in [0.29, 0.717) is 22.7 Å². The second-order valence-corrected chi connectivity index (χ2v) is 12.4. The third-order valence-electron chi connectivity index (χ3n) is 6.89. The molecular formula is C33H26F4N2O3S2. The molecule has 226 valence electrons. The number of aryl methyl sites for hydroxylation is 2. The van der Waals surface area contributed by atoms with Crippen molar-refractivity contribution in [3.05, 3.63) is 134 Å². The van der Waals surface area contributed by atoms with Crippen molar-refractivity contribution in [3.63, 3.8) is 0 Å². The molecule has 0 aliphatic rings. The molecule has 0 spiro atoms. The highest BCUT2D eigenvalue weighted by molar-refractivity contribution is 7.99. The van der Waals surface area contributed by atoms with Crippen LogP contribution in [0.25, 0.3) is 21.7 Å². The molecule has 1 atom stereocenters. The fourth-order valence-electron chi connectivity index (χ4n) is 4.65. The van der Waals surface area contributed by atoms with Gasteiger partial charge in [-0.1, -0.05) is 48.5 Å². The van der Waals surface area contributed by atoms with Crippen LogP contribution in [0.3, 0.4) is 0 Å². The van der Waals surface area contributed by atoms with E-state index in [1.54, 1.807) is 30.0 Å². The molecule has 0 aliphatic carbocycles. The zero-order valence-corrected chi connectivity index (χ0v) is 25.2. The van der Waals surface area contributed by atoms with Crippen molar-refractivity contribution in [2.75, 3.05) is 6.73 Å². The Balaban J connectivity index is 1.44. The van der Waals surface area contributed by atoms with Gasteiger partial charge in [0.15, 0.2) is 0 Å². The van der Waals surface area contributed by atoms with Gasteiger partial charge < -0.3 is 4.74 Å². The van der Waals surface area contributed by atoms with Crippen molar-refractivity contribution in [1.82, 2.24) is 4.98 Å². The summed E-state index contributed by atoms with van der Waals surface area (Å²) in [6.45, 7) is 3.09. The lowest BCUT2D eigenvalue weighted by Gasteiger charge is -2.17. The zero-order valence-electron chi connectivity index (χ0n) is 23.6. The van der Waals surface area contributed by atoms with E-state index in [0.717, 1.165) is 49.9 Å². The molecule has 0 N–H and O–H groups in total. The van der Waals surface area contributed by atoms with Crippen LogP contribution in [0.15, 0.2) is 95.9 Å². The summed E-state index contributed by atoms with van der Waals surface area (Å²) in [5, 5.41) is 11.3. The van der Waals surface area contributed by atoms with Crippen molar-refractivity contribution >= 4 is 23.1 Å². The zero-order chi connectivity index (χ0) is 31.4. The van der Waals surface area contributed by atoms with Gasteiger partial charge in [0.05, 0.1) is 16.2 Å². The number of benzene rings is 4. The summed E-state index contributed by atoms with van der Waals surface area (Å²) >= 11 is 3.05. The molecule has 0 bridgehead atoms. The van der Waals surface area contributed by atoms with E-state index in [2.05, 4.69) is 0 Å². The molecule has 0 amide bonds. The van der Waals surface area contributed by atoms with E-state index >= 15 is 0 Å². The number of aromatic nitrogens is 1. The second-order valence-electron chi connectivity index (χ2n) is 10.1. The molecule has 1 aromatic heterocycles. The normalized spacial score (nSPS) is 12.2. The van der Waals surface area contributed by atoms with Crippen LogP contribution in [-0.2, 0) is 12.6 Å². The predicted molar refractivity (Wildman–Crippen MR) is 165 cm³/mol. The van der Waals surface area contributed by atoms with Crippen molar-refractivity contribution in [3.8, 4) is 27.4 Å². The monoisotopic (exact) mass is 638 g/mol. The van der Waals surface area contributed by atoms with Crippen LogP contribution in [0.4, 0.5) is 17.6 Å². The smallest absolute Gasteiger partial charge is 0.416 e. The van der Waals surface area contributed by atoms with Gasteiger partial charge >= 0.3 is 12.9 Å². The summed E-state index contributed by atoms with van der Waals surface area (Å²) in [4.78, 5) is 16.8. The molecule has 5 nitrogen and oxygen atoms in total. The van der Waals surface area contributed by atoms with E-state index < -0.39 is 23.4 Å². The lowest BCUT2D eigenvalue weighted by molar-refractivity contribution is -0.514. The number of hydrogen-bond acceptors (Lipinski definition) is 6. The first-order valence-electron chi connectivity index (χ1n) is 13.5. The number of alkyl halides is 3. The van der Waals surface area contributed by atoms with Gasteiger partial charge in [-0.25, -0.2) is 9.37 Å². The highest BCUT2D eigenvalue weighted by Gasteiger charge is 2.30. The predicted octanol–water partition coefficient (Wildman–Crippen LogP) is 9.94. The van der Waals surface area contributed by atoms with Crippen molar-refractivity contribution in [2.45, 2.75) is 36.6 Å². The summed E-state index contributed by atoms with van der Waals surface area (Å²) in [7, 11) is 0. The average molecular weight is 639 g/mol. The number of halogens is 4. The van der Waals surface area contributed by atoms with E-state index in [1.807, 2.05) is 50.2 Å². The molecule has 0 saturated heterocycles. The maximum absolute atomic E-state index is 13.4. The van der Waals surface area contributed by atoms with Gasteiger partial charge in [-0.15, -0.1) is 23.1 Å². The molecule has 4 aromatic carbocycles. The Hall–Kier alpha value is -4.22. The number of thiazole rings is 1. The van der Waals surface area contributed by atoms with E-state index in [9.17, 15) is 27.7 Å². The lowest BCUT2D eigenvalue weighted by atomic mass is 10.0. The van der Waals surface area contributed by atoms with Crippen LogP contribution in [0.5, 0.6) is 5.75 Å². The Morgan fingerprint density at radius 1 is 0.909 bits per heavy atom. The Labute approximate surface area is 259 Å². The molecular weight excluding hydrogens is 613 g/mol. The first kappa shape index (κ1) is 31.2. The summed E-state index contributed by atoms with van der Waals surface area (Å²) in [6, 6.07) is 24.8. The minimum absolute atomic E-state index is 0.0997.